The minimum absolute atomic E-state index is 0.282. The highest BCUT2D eigenvalue weighted by Crippen LogP contribution is 2.30. The molecule has 132 valence electrons. The van der Waals surface area contributed by atoms with Crippen molar-refractivity contribution in [2.24, 2.45) is 11.7 Å². The average Bonchev–Trinajstić information content (AvgIpc) is 2.85. The van der Waals surface area contributed by atoms with Crippen LogP contribution in [0.5, 0.6) is 5.75 Å². The zero-order chi connectivity index (χ0) is 18.1. The third-order valence-electron chi connectivity index (χ3n) is 4.51. The topological polar surface area (TPSA) is 106 Å². The van der Waals surface area contributed by atoms with Crippen molar-refractivity contribution in [2.75, 3.05) is 19.0 Å². The van der Waals surface area contributed by atoms with Crippen molar-refractivity contribution in [2.45, 2.75) is 19.1 Å². The Morgan fingerprint density at radius 1 is 1.48 bits per heavy atom. The number of benzene rings is 1. The molecule has 1 fully saturated rings. The van der Waals surface area contributed by atoms with Crippen molar-refractivity contribution in [3.63, 3.8) is 0 Å². The van der Waals surface area contributed by atoms with E-state index in [0.717, 1.165) is 10.8 Å². The summed E-state index contributed by atoms with van der Waals surface area (Å²) in [6.07, 6.45) is 0.0989. The number of carbonyl (C=O) groups is 2. The first-order valence-corrected chi connectivity index (χ1v) is 7.87. The molecule has 2 aromatic rings. The average molecular weight is 346 g/mol. The van der Waals surface area contributed by atoms with Crippen LogP contribution in [0.3, 0.4) is 0 Å². The SMILES string of the molecule is COc1cc2c(NC[C@H]3NC(=O)[C@@H](F)[C@H]3C)nccc2cc1C(N)=O. The summed E-state index contributed by atoms with van der Waals surface area (Å²) in [6, 6.07) is 4.75. The maximum Gasteiger partial charge on any atom is 0.255 e. The number of nitrogens with zero attached hydrogens (tertiary/aromatic N) is 1. The highest BCUT2D eigenvalue weighted by Gasteiger charge is 2.39. The van der Waals surface area contributed by atoms with Crippen molar-refractivity contribution >= 4 is 28.4 Å². The number of nitrogens with two attached hydrogens (primary N) is 1. The zero-order valence-corrected chi connectivity index (χ0v) is 13.9. The monoisotopic (exact) mass is 346 g/mol. The number of methoxy groups -OCH3 is 1. The smallest absolute Gasteiger partial charge is 0.255 e. The van der Waals surface area contributed by atoms with Crippen molar-refractivity contribution in [3.8, 4) is 5.75 Å². The van der Waals surface area contributed by atoms with Crippen LogP contribution in [0.4, 0.5) is 10.2 Å². The number of primary amides is 1. The highest BCUT2D eigenvalue weighted by molar-refractivity contribution is 6.03. The third-order valence-corrected chi connectivity index (χ3v) is 4.51. The molecule has 4 N–H and O–H groups in total. The quantitative estimate of drug-likeness (QED) is 0.755. The molecule has 2 amide bonds. The largest absolute Gasteiger partial charge is 0.496 e. The number of amides is 2. The number of fused-ring (bicyclic) bond motifs is 1. The van der Waals surface area contributed by atoms with Crippen LogP contribution < -0.4 is 21.1 Å². The van der Waals surface area contributed by atoms with E-state index in [-0.39, 0.29) is 11.6 Å². The second-order valence-corrected chi connectivity index (χ2v) is 6.05. The van der Waals surface area contributed by atoms with E-state index < -0.39 is 23.9 Å². The predicted molar refractivity (Wildman–Crippen MR) is 91.3 cm³/mol. The molecular formula is C17H19FN4O3. The van der Waals surface area contributed by atoms with Crippen LogP contribution in [-0.2, 0) is 4.79 Å². The predicted octanol–water partition coefficient (Wildman–Crippen LogP) is 1.23. The van der Waals surface area contributed by atoms with Crippen LogP contribution >= 0.6 is 0 Å². The van der Waals surface area contributed by atoms with Gasteiger partial charge in [-0.1, -0.05) is 6.92 Å². The molecule has 0 bridgehead atoms. The molecule has 1 aromatic heterocycles. The van der Waals surface area contributed by atoms with E-state index in [2.05, 4.69) is 15.6 Å². The first-order chi connectivity index (χ1) is 11.9. The van der Waals surface area contributed by atoms with Crippen molar-refractivity contribution in [3.05, 3.63) is 30.0 Å². The van der Waals surface area contributed by atoms with Gasteiger partial charge < -0.3 is 21.1 Å². The third kappa shape index (κ3) is 3.07. The van der Waals surface area contributed by atoms with E-state index in [4.69, 9.17) is 10.5 Å². The molecule has 0 radical (unpaired) electrons. The van der Waals surface area contributed by atoms with Gasteiger partial charge in [0.25, 0.3) is 11.8 Å². The van der Waals surface area contributed by atoms with Gasteiger partial charge in [0, 0.05) is 24.0 Å². The Balaban J connectivity index is 1.89. The van der Waals surface area contributed by atoms with Gasteiger partial charge in [-0.25, -0.2) is 9.37 Å². The fourth-order valence-corrected chi connectivity index (χ4v) is 2.98. The van der Waals surface area contributed by atoms with Crippen LogP contribution in [0, 0.1) is 5.92 Å². The normalized spacial score (nSPS) is 22.7. The molecule has 3 atom stereocenters. The lowest BCUT2D eigenvalue weighted by Gasteiger charge is -2.17. The van der Waals surface area contributed by atoms with Gasteiger partial charge in [0.15, 0.2) is 6.17 Å². The molecule has 8 heteroatoms. The Hall–Kier alpha value is -2.90. The minimum atomic E-state index is -1.49. The Kier molecular flexibility index (Phi) is 4.43. The van der Waals surface area contributed by atoms with Crippen LogP contribution in [0.2, 0.25) is 0 Å². The van der Waals surface area contributed by atoms with Crippen LogP contribution in [0.1, 0.15) is 17.3 Å². The number of alkyl halides is 1. The zero-order valence-electron chi connectivity index (χ0n) is 13.9. The van der Waals surface area contributed by atoms with Gasteiger partial charge >= 0.3 is 0 Å². The second kappa shape index (κ2) is 6.54. The molecule has 1 aromatic carbocycles. The van der Waals surface area contributed by atoms with Crippen molar-refractivity contribution in [1.29, 1.82) is 0 Å². The molecule has 1 aliphatic rings. The molecule has 0 unspecified atom stereocenters. The minimum Gasteiger partial charge on any atom is -0.496 e. The van der Waals surface area contributed by atoms with Gasteiger partial charge in [0.05, 0.1) is 18.7 Å². The summed E-state index contributed by atoms with van der Waals surface area (Å²) in [5.41, 5.74) is 5.66. The van der Waals surface area contributed by atoms with Crippen molar-refractivity contribution < 1.29 is 18.7 Å². The summed E-state index contributed by atoms with van der Waals surface area (Å²) in [5, 5.41) is 7.26. The summed E-state index contributed by atoms with van der Waals surface area (Å²) in [4.78, 5) is 27.2. The number of hydrogen-bond acceptors (Lipinski definition) is 5. The fourth-order valence-electron chi connectivity index (χ4n) is 2.98. The number of halogens is 1. The van der Waals surface area contributed by atoms with Gasteiger partial charge in [0.1, 0.15) is 11.6 Å². The highest BCUT2D eigenvalue weighted by atomic mass is 19.1. The number of carbonyl (C=O) groups excluding carboxylic acids is 2. The van der Waals surface area contributed by atoms with E-state index in [1.807, 2.05) is 0 Å². The van der Waals surface area contributed by atoms with E-state index in [1.165, 1.54) is 7.11 Å². The molecule has 3 rings (SSSR count). The van der Waals surface area contributed by atoms with Gasteiger partial charge in [-0.3, -0.25) is 9.59 Å². The Morgan fingerprint density at radius 3 is 2.84 bits per heavy atom. The summed E-state index contributed by atoms with van der Waals surface area (Å²) in [6.45, 7) is 2.02. The standard InChI is InChI=1S/C17H19FN4O3/c1-8-12(22-17(24)14(8)18)7-21-16-10-6-13(25-2)11(15(19)23)5-9(10)3-4-20-16/h3-6,8,12,14H,7H2,1-2H3,(H2,19,23)(H,20,21)(H,22,24)/t8-,12+,14-/m0/s1. The van der Waals surface area contributed by atoms with Gasteiger partial charge in [0.2, 0.25) is 0 Å². The molecule has 1 saturated heterocycles. The summed E-state index contributed by atoms with van der Waals surface area (Å²) in [5.74, 6) is -0.691. The van der Waals surface area contributed by atoms with E-state index in [9.17, 15) is 14.0 Å². The number of anilines is 1. The van der Waals surface area contributed by atoms with Crippen LogP contribution in [0.15, 0.2) is 24.4 Å². The molecular weight excluding hydrogens is 327 g/mol. The van der Waals surface area contributed by atoms with Crippen LogP contribution in [0.25, 0.3) is 10.8 Å². The second-order valence-electron chi connectivity index (χ2n) is 6.05. The molecule has 25 heavy (non-hydrogen) atoms. The molecule has 7 nitrogen and oxygen atoms in total. The number of ether oxygens (including phenoxy) is 1. The van der Waals surface area contributed by atoms with E-state index in [0.29, 0.717) is 18.1 Å². The number of nitrogens with one attached hydrogen (secondary N) is 2. The van der Waals surface area contributed by atoms with Crippen LogP contribution in [-0.4, -0.2) is 42.7 Å². The molecule has 2 heterocycles. The Morgan fingerprint density at radius 2 is 2.24 bits per heavy atom. The van der Waals surface area contributed by atoms with Crippen molar-refractivity contribution in [1.82, 2.24) is 10.3 Å². The number of hydrogen-bond donors (Lipinski definition) is 3. The fraction of sp³-hybridized carbons (Fsp3) is 0.353. The Labute approximate surface area is 143 Å². The summed E-state index contributed by atoms with van der Waals surface area (Å²) in [7, 11) is 1.45. The Bertz CT molecular complexity index is 842. The molecule has 1 aliphatic heterocycles. The number of pyridine rings is 1. The summed E-state index contributed by atoms with van der Waals surface area (Å²) < 4.78 is 18.9. The lowest BCUT2D eigenvalue weighted by Crippen LogP contribution is -2.35. The molecule has 0 spiro atoms. The first-order valence-electron chi connectivity index (χ1n) is 7.87. The molecule has 0 saturated carbocycles. The van der Waals surface area contributed by atoms with Gasteiger partial charge in [-0.15, -0.1) is 0 Å². The summed E-state index contributed by atoms with van der Waals surface area (Å²) >= 11 is 0. The number of rotatable bonds is 5. The van der Waals surface area contributed by atoms with Gasteiger partial charge in [-0.05, 0) is 23.6 Å². The van der Waals surface area contributed by atoms with Gasteiger partial charge in [-0.2, -0.15) is 0 Å². The van der Waals surface area contributed by atoms with E-state index in [1.54, 1.807) is 31.3 Å². The number of aromatic nitrogens is 1. The lowest BCUT2D eigenvalue weighted by atomic mass is 10.0. The van der Waals surface area contributed by atoms with E-state index >= 15 is 0 Å². The maximum atomic E-state index is 13.6. The molecule has 0 aliphatic carbocycles. The lowest BCUT2D eigenvalue weighted by molar-refractivity contribution is -0.123. The first kappa shape index (κ1) is 16.9. The maximum absolute atomic E-state index is 13.6.